The van der Waals surface area contributed by atoms with E-state index < -0.39 is 6.10 Å². The summed E-state index contributed by atoms with van der Waals surface area (Å²) in [6.45, 7) is 4.10. The first-order valence-corrected chi connectivity index (χ1v) is 8.95. The lowest BCUT2D eigenvalue weighted by Crippen LogP contribution is -2.30. The molecule has 2 aromatic rings. The number of thiazole rings is 1. The van der Waals surface area contributed by atoms with Gasteiger partial charge in [-0.25, -0.2) is 4.98 Å². The highest BCUT2D eigenvalue weighted by Crippen LogP contribution is 2.32. The molecule has 0 saturated carbocycles. The number of aryl methyl sites for hydroxylation is 1. The van der Waals surface area contributed by atoms with Crippen LogP contribution in [0.4, 0.5) is 5.13 Å². The molecular formula is C17H25N3O2S. The summed E-state index contributed by atoms with van der Waals surface area (Å²) in [5.41, 5.74) is 1.12. The van der Waals surface area contributed by atoms with Gasteiger partial charge < -0.3 is 14.4 Å². The number of aliphatic hydroxyl groups excluding tert-OH is 1. The molecule has 0 spiro atoms. The predicted molar refractivity (Wildman–Crippen MR) is 92.9 cm³/mol. The van der Waals surface area contributed by atoms with Gasteiger partial charge in [0.05, 0.1) is 12.0 Å². The van der Waals surface area contributed by atoms with Gasteiger partial charge in [0.15, 0.2) is 5.13 Å². The van der Waals surface area contributed by atoms with Crippen molar-refractivity contribution in [3.8, 4) is 0 Å². The van der Waals surface area contributed by atoms with Gasteiger partial charge in [-0.1, -0.05) is 0 Å². The first kappa shape index (κ1) is 16.5. The number of aromatic nitrogens is 1. The van der Waals surface area contributed by atoms with Gasteiger partial charge in [0.25, 0.3) is 0 Å². The van der Waals surface area contributed by atoms with Gasteiger partial charge in [-0.05, 0) is 44.9 Å². The molecule has 3 heterocycles. The zero-order valence-corrected chi connectivity index (χ0v) is 14.8. The van der Waals surface area contributed by atoms with Gasteiger partial charge in [0, 0.05) is 31.6 Å². The van der Waals surface area contributed by atoms with Gasteiger partial charge in [-0.3, -0.25) is 4.90 Å². The fraction of sp³-hybridized carbons (Fsp3) is 0.588. The first-order valence-electron chi connectivity index (χ1n) is 8.13. The van der Waals surface area contributed by atoms with Crippen LogP contribution in [0.5, 0.6) is 0 Å². The smallest absolute Gasteiger partial charge is 0.185 e. The summed E-state index contributed by atoms with van der Waals surface area (Å²) in [6.07, 6.45) is 4.15. The fourth-order valence-electron chi connectivity index (χ4n) is 3.16. The summed E-state index contributed by atoms with van der Waals surface area (Å²) in [6, 6.07) is 4.08. The van der Waals surface area contributed by atoms with Crippen LogP contribution < -0.4 is 4.90 Å². The van der Waals surface area contributed by atoms with E-state index in [9.17, 15) is 5.11 Å². The van der Waals surface area contributed by atoms with E-state index in [1.165, 1.54) is 11.3 Å². The second kappa shape index (κ2) is 7.03. The van der Waals surface area contributed by atoms with Crippen molar-refractivity contribution in [3.63, 3.8) is 0 Å². The number of hydrogen-bond acceptors (Lipinski definition) is 6. The Kier molecular flexibility index (Phi) is 5.04. The van der Waals surface area contributed by atoms with Gasteiger partial charge in [0.2, 0.25) is 0 Å². The SMILES string of the molecule is Cc1nc(N(C)C)sc1CN1CCCC1CC(O)c1ccco1. The second-order valence-corrected chi connectivity index (χ2v) is 7.49. The molecule has 2 aromatic heterocycles. The molecule has 0 bridgehead atoms. The molecule has 1 N–H and O–H groups in total. The number of rotatable bonds is 6. The highest BCUT2D eigenvalue weighted by molar-refractivity contribution is 7.15. The Labute approximate surface area is 141 Å². The number of anilines is 1. The zero-order valence-electron chi connectivity index (χ0n) is 14.0. The highest BCUT2D eigenvalue weighted by Gasteiger charge is 2.29. The Bertz CT molecular complexity index is 624. The Morgan fingerprint density at radius 1 is 1.52 bits per heavy atom. The average molecular weight is 335 g/mol. The molecule has 2 unspecified atom stereocenters. The van der Waals surface area contributed by atoms with Crippen LogP contribution in [0.2, 0.25) is 0 Å². The summed E-state index contributed by atoms with van der Waals surface area (Å²) in [4.78, 5) is 10.5. The van der Waals surface area contributed by atoms with E-state index >= 15 is 0 Å². The summed E-state index contributed by atoms with van der Waals surface area (Å²) in [5.74, 6) is 0.667. The van der Waals surface area contributed by atoms with Crippen molar-refractivity contribution >= 4 is 16.5 Å². The lowest BCUT2D eigenvalue weighted by Gasteiger charge is -2.25. The molecule has 1 saturated heterocycles. The lowest BCUT2D eigenvalue weighted by molar-refractivity contribution is 0.0998. The van der Waals surface area contributed by atoms with Crippen LogP contribution in [0.25, 0.3) is 0 Å². The Hall–Kier alpha value is -1.37. The maximum Gasteiger partial charge on any atom is 0.185 e. The van der Waals surface area contributed by atoms with Gasteiger partial charge in [0.1, 0.15) is 11.9 Å². The monoisotopic (exact) mass is 335 g/mol. The number of aliphatic hydroxyl groups is 1. The average Bonchev–Trinajstić information content (AvgIpc) is 3.22. The van der Waals surface area contributed by atoms with Crippen molar-refractivity contribution in [2.24, 2.45) is 0 Å². The van der Waals surface area contributed by atoms with E-state index in [1.54, 1.807) is 17.6 Å². The largest absolute Gasteiger partial charge is 0.467 e. The summed E-state index contributed by atoms with van der Waals surface area (Å²) < 4.78 is 5.33. The van der Waals surface area contributed by atoms with Crippen molar-refractivity contribution in [2.75, 3.05) is 25.5 Å². The van der Waals surface area contributed by atoms with E-state index in [2.05, 4.69) is 21.7 Å². The molecule has 1 aliphatic heterocycles. The molecule has 1 aliphatic rings. The lowest BCUT2D eigenvalue weighted by atomic mass is 10.1. The standard InChI is InChI=1S/C17H25N3O2S/c1-12-16(23-17(18-12)19(2)3)11-20-8-4-6-13(20)10-14(21)15-7-5-9-22-15/h5,7,9,13-14,21H,4,6,8,10-11H2,1-3H3. The van der Waals surface area contributed by atoms with Crippen LogP contribution in [0.1, 0.15) is 41.7 Å². The van der Waals surface area contributed by atoms with Crippen molar-refractivity contribution in [2.45, 2.75) is 44.9 Å². The Morgan fingerprint density at radius 3 is 3.00 bits per heavy atom. The molecule has 2 atom stereocenters. The van der Waals surface area contributed by atoms with E-state index in [4.69, 9.17) is 4.42 Å². The van der Waals surface area contributed by atoms with Gasteiger partial charge in [-0.15, -0.1) is 11.3 Å². The molecule has 0 radical (unpaired) electrons. The highest BCUT2D eigenvalue weighted by atomic mass is 32.1. The minimum Gasteiger partial charge on any atom is -0.467 e. The molecular weight excluding hydrogens is 310 g/mol. The predicted octanol–water partition coefficient (Wildman–Crippen LogP) is 3.20. The second-order valence-electron chi connectivity index (χ2n) is 6.43. The Morgan fingerprint density at radius 2 is 2.35 bits per heavy atom. The molecule has 3 rings (SSSR count). The van der Waals surface area contributed by atoms with E-state index in [0.29, 0.717) is 11.8 Å². The quantitative estimate of drug-likeness (QED) is 0.878. The zero-order chi connectivity index (χ0) is 16.4. The fourth-order valence-corrected chi connectivity index (χ4v) is 4.17. The number of likely N-dealkylation sites (tertiary alicyclic amines) is 1. The van der Waals surface area contributed by atoms with Crippen LogP contribution in [0, 0.1) is 6.92 Å². The number of hydrogen-bond donors (Lipinski definition) is 1. The molecule has 0 aromatic carbocycles. The van der Waals surface area contributed by atoms with Crippen molar-refractivity contribution in [1.29, 1.82) is 0 Å². The van der Waals surface area contributed by atoms with Crippen molar-refractivity contribution in [1.82, 2.24) is 9.88 Å². The topological polar surface area (TPSA) is 52.7 Å². The third kappa shape index (κ3) is 3.76. The Balaban J connectivity index is 1.65. The van der Waals surface area contributed by atoms with E-state index in [1.807, 2.05) is 26.2 Å². The van der Waals surface area contributed by atoms with Crippen LogP contribution in [-0.4, -0.2) is 41.7 Å². The molecule has 1 fully saturated rings. The molecule has 23 heavy (non-hydrogen) atoms. The third-order valence-electron chi connectivity index (χ3n) is 4.48. The maximum atomic E-state index is 10.3. The van der Waals surface area contributed by atoms with Crippen molar-refractivity contribution < 1.29 is 9.52 Å². The van der Waals surface area contributed by atoms with Crippen LogP contribution in [-0.2, 0) is 6.54 Å². The summed E-state index contributed by atoms with van der Waals surface area (Å²) >= 11 is 1.77. The van der Waals surface area contributed by atoms with Gasteiger partial charge >= 0.3 is 0 Å². The normalized spacial score (nSPS) is 20.1. The first-order chi connectivity index (χ1) is 11.0. The molecule has 0 aliphatic carbocycles. The number of nitrogens with zero attached hydrogens (tertiary/aromatic N) is 3. The minimum atomic E-state index is -0.518. The number of furan rings is 1. The molecule has 5 nitrogen and oxygen atoms in total. The molecule has 6 heteroatoms. The van der Waals surface area contributed by atoms with Crippen LogP contribution >= 0.6 is 11.3 Å². The maximum absolute atomic E-state index is 10.3. The molecule has 0 amide bonds. The van der Waals surface area contributed by atoms with Crippen LogP contribution in [0.15, 0.2) is 22.8 Å². The van der Waals surface area contributed by atoms with Crippen LogP contribution in [0.3, 0.4) is 0 Å². The van der Waals surface area contributed by atoms with Gasteiger partial charge in [-0.2, -0.15) is 0 Å². The summed E-state index contributed by atoms with van der Waals surface area (Å²) in [7, 11) is 4.06. The summed E-state index contributed by atoms with van der Waals surface area (Å²) in [5, 5.41) is 11.4. The van der Waals surface area contributed by atoms with Crippen molar-refractivity contribution in [3.05, 3.63) is 34.7 Å². The van der Waals surface area contributed by atoms with E-state index in [-0.39, 0.29) is 0 Å². The third-order valence-corrected chi connectivity index (χ3v) is 5.79. The minimum absolute atomic E-state index is 0.402. The van der Waals surface area contributed by atoms with E-state index in [0.717, 1.165) is 36.8 Å². The molecule has 126 valence electrons.